The van der Waals surface area contributed by atoms with Crippen LogP contribution in [0.25, 0.3) is 0 Å². The van der Waals surface area contributed by atoms with Gasteiger partial charge in [0, 0.05) is 50.9 Å². The summed E-state index contributed by atoms with van der Waals surface area (Å²) >= 11 is 0. The standard InChI is InChI=1S/C19H29N3O2/c1-16-18(9-15-24-16)20-10-5-8-19(23)22-13-11-21(12-14-22)17-6-3-2-4-7-17/h2-4,6-7,16,18,20H,5,8-15H2,1H3/t16-,18-/m0/s1. The number of hydrogen-bond donors (Lipinski definition) is 1. The van der Waals surface area contributed by atoms with Crippen LogP contribution < -0.4 is 10.2 Å². The number of ether oxygens (including phenoxy) is 1. The van der Waals surface area contributed by atoms with Crippen molar-refractivity contribution in [3.8, 4) is 0 Å². The van der Waals surface area contributed by atoms with E-state index in [2.05, 4.69) is 41.4 Å². The maximum atomic E-state index is 12.4. The Hall–Kier alpha value is -1.59. The summed E-state index contributed by atoms with van der Waals surface area (Å²) in [5, 5.41) is 3.51. The van der Waals surface area contributed by atoms with Gasteiger partial charge in [0.2, 0.25) is 5.91 Å². The number of nitrogens with one attached hydrogen (secondary N) is 1. The second kappa shape index (κ2) is 8.49. The molecule has 0 radical (unpaired) electrons. The van der Waals surface area contributed by atoms with E-state index in [-0.39, 0.29) is 0 Å². The molecule has 0 saturated carbocycles. The van der Waals surface area contributed by atoms with Gasteiger partial charge in [0.15, 0.2) is 0 Å². The predicted molar refractivity (Wildman–Crippen MR) is 96.3 cm³/mol. The van der Waals surface area contributed by atoms with Crippen molar-refractivity contribution in [2.75, 3.05) is 44.2 Å². The zero-order valence-electron chi connectivity index (χ0n) is 14.6. The first kappa shape index (κ1) is 17.2. The Morgan fingerprint density at radius 3 is 2.62 bits per heavy atom. The third-order valence-corrected chi connectivity index (χ3v) is 5.10. The molecule has 2 saturated heterocycles. The Kier molecular flexibility index (Phi) is 6.10. The number of piperazine rings is 1. The molecule has 2 aliphatic heterocycles. The van der Waals surface area contributed by atoms with Gasteiger partial charge in [0.05, 0.1) is 6.10 Å². The van der Waals surface area contributed by atoms with E-state index in [4.69, 9.17) is 4.74 Å². The number of nitrogens with zero attached hydrogens (tertiary/aromatic N) is 2. The Morgan fingerprint density at radius 1 is 1.21 bits per heavy atom. The zero-order chi connectivity index (χ0) is 16.8. The van der Waals surface area contributed by atoms with Crippen molar-refractivity contribution in [3.63, 3.8) is 0 Å². The monoisotopic (exact) mass is 331 g/mol. The minimum absolute atomic E-state index is 0.292. The molecule has 1 N–H and O–H groups in total. The minimum Gasteiger partial charge on any atom is -0.377 e. The van der Waals surface area contributed by atoms with Crippen molar-refractivity contribution in [1.82, 2.24) is 10.2 Å². The third-order valence-electron chi connectivity index (χ3n) is 5.10. The largest absolute Gasteiger partial charge is 0.377 e. The van der Waals surface area contributed by atoms with Crippen LogP contribution in [0.3, 0.4) is 0 Å². The summed E-state index contributed by atoms with van der Waals surface area (Å²) in [6, 6.07) is 10.9. The van der Waals surface area contributed by atoms with Gasteiger partial charge < -0.3 is 19.9 Å². The van der Waals surface area contributed by atoms with E-state index in [0.29, 0.717) is 24.5 Å². The Labute approximate surface area is 145 Å². The van der Waals surface area contributed by atoms with Crippen molar-refractivity contribution in [3.05, 3.63) is 30.3 Å². The molecule has 2 atom stereocenters. The molecule has 2 aliphatic rings. The lowest BCUT2D eigenvalue weighted by Gasteiger charge is -2.36. The molecule has 1 aromatic carbocycles. The molecule has 132 valence electrons. The summed E-state index contributed by atoms with van der Waals surface area (Å²) in [5.74, 6) is 0.292. The summed E-state index contributed by atoms with van der Waals surface area (Å²) in [5.41, 5.74) is 1.25. The molecule has 3 rings (SSSR count). The highest BCUT2D eigenvalue weighted by molar-refractivity contribution is 5.76. The Balaban J connectivity index is 1.33. The molecule has 0 unspecified atom stereocenters. The van der Waals surface area contributed by atoms with Crippen LogP contribution in [0.1, 0.15) is 26.2 Å². The smallest absolute Gasteiger partial charge is 0.222 e. The third kappa shape index (κ3) is 4.48. The fourth-order valence-corrected chi connectivity index (χ4v) is 3.54. The van der Waals surface area contributed by atoms with Gasteiger partial charge in [-0.2, -0.15) is 0 Å². The van der Waals surface area contributed by atoms with Gasteiger partial charge in [-0.3, -0.25) is 4.79 Å². The first-order chi connectivity index (χ1) is 11.7. The van der Waals surface area contributed by atoms with Crippen LogP contribution in [-0.2, 0) is 9.53 Å². The highest BCUT2D eigenvalue weighted by Crippen LogP contribution is 2.16. The van der Waals surface area contributed by atoms with Crippen LogP contribution in [-0.4, -0.2) is 62.3 Å². The summed E-state index contributed by atoms with van der Waals surface area (Å²) in [7, 11) is 0. The number of carbonyl (C=O) groups excluding carboxylic acids is 1. The van der Waals surface area contributed by atoms with Gasteiger partial charge >= 0.3 is 0 Å². The van der Waals surface area contributed by atoms with E-state index in [9.17, 15) is 4.79 Å². The van der Waals surface area contributed by atoms with E-state index in [1.165, 1.54) is 5.69 Å². The van der Waals surface area contributed by atoms with Gasteiger partial charge in [0.1, 0.15) is 0 Å². The number of benzene rings is 1. The molecule has 0 bridgehead atoms. The van der Waals surface area contributed by atoms with E-state index >= 15 is 0 Å². The summed E-state index contributed by atoms with van der Waals surface area (Å²) in [6.07, 6.45) is 2.92. The number of rotatable bonds is 6. The van der Waals surface area contributed by atoms with Crippen molar-refractivity contribution >= 4 is 11.6 Å². The Morgan fingerprint density at radius 2 is 1.96 bits per heavy atom. The maximum Gasteiger partial charge on any atom is 0.222 e. The van der Waals surface area contributed by atoms with Crippen LogP contribution in [0, 0.1) is 0 Å². The van der Waals surface area contributed by atoms with Crippen LogP contribution in [0.15, 0.2) is 30.3 Å². The molecule has 1 amide bonds. The fraction of sp³-hybridized carbons (Fsp3) is 0.632. The van der Waals surface area contributed by atoms with Crippen molar-refractivity contribution in [2.24, 2.45) is 0 Å². The quantitative estimate of drug-likeness (QED) is 0.809. The number of carbonyl (C=O) groups is 1. The maximum absolute atomic E-state index is 12.4. The minimum atomic E-state index is 0.292. The molecule has 1 aromatic rings. The average molecular weight is 331 g/mol. The summed E-state index contributed by atoms with van der Waals surface area (Å²) < 4.78 is 5.54. The van der Waals surface area contributed by atoms with Crippen LogP contribution in [0.5, 0.6) is 0 Å². The molecule has 0 spiro atoms. The normalized spacial score (nSPS) is 24.4. The first-order valence-corrected chi connectivity index (χ1v) is 9.17. The van der Waals surface area contributed by atoms with E-state index < -0.39 is 0 Å². The fourth-order valence-electron chi connectivity index (χ4n) is 3.54. The van der Waals surface area contributed by atoms with Gasteiger partial charge in [-0.25, -0.2) is 0 Å². The molecule has 5 nitrogen and oxygen atoms in total. The van der Waals surface area contributed by atoms with Gasteiger partial charge in [-0.05, 0) is 38.4 Å². The van der Waals surface area contributed by atoms with Crippen molar-refractivity contribution in [2.45, 2.75) is 38.3 Å². The number of anilines is 1. The van der Waals surface area contributed by atoms with E-state index in [1.807, 2.05) is 11.0 Å². The summed E-state index contributed by atoms with van der Waals surface area (Å²) in [4.78, 5) is 16.7. The highest BCUT2D eigenvalue weighted by atomic mass is 16.5. The molecule has 0 aromatic heterocycles. The van der Waals surface area contributed by atoms with Gasteiger partial charge in [-0.1, -0.05) is 18.2 Å². The number of hydrogen-bond acceptors (Lipinski definition) is 4. The van der Waals surface area contributed by atoms with Crippen LogP contribution in [0.2, 0.25) is 0 Å². The van der Waals surface area contributed by atoms with Crippen LogP contribution in [0.4, 0.5) is 5.69 Å². The molecule has 5 heteroatoms. The molecule has 24 heavy (non-hydrogen) atoms. The number of amides is 1. The van der Waals surface area contributed by atoms with Gasteiger partial charge in [0.25, 0.3) is 0 Å². The molecule has 0 aliphatic carbocycles. The summed E-state index contributed by atoms with van der Waals surface area (Å²) in [6.45, 7) is 7.36. The lowest BCUT2D eigenvalue weighted by molar-refractivity contribution is -0.131. The predicted octanol–water partition coefficient (Wildman–Crippen LogP) is 1.88. The highest BCUT2D eigenvalue weighted by Gasteiger charge is 2.24. The van der Waals surface area contributed by atoms with E-state index in [1.54, 1.807) is 0 Å². The Bertz CT molecular complexity index is 515. The molecule has 2 heterocycles. The molecule has 2 fully saturated rings. The topological polar surface area (TPSA) is 44.8 Å². The van der Waals surface area contributed by atoms with Crippen molar-refractivity contribution < 1.29 is 9.53 Å². The lowest BCUT2D eigenvalue weighted by Crippen LogP contribution is -2.48. The first-order valence-electron chi connectivity index (χ1n) is 9.17. The van der Waals surface area contributed by atoms with Crippen LogP contribution >= 0.6 is 0 Å². The zero-order valence-corrected chi connectivity index (χ0v) is 14.6. The second-order valence-corrected chi connectivity index (χ2v) is 6.73. The van der Waals surface area contributed by atoms with Gasteiger partial charge in [-0.15, -0.1) is 0 Å². The average Bonchev–Trinajstić information content (AvgIpc) is 3.04. The van der Waals surface area contributed by atoms with E-state index in [0.717, 1.165) is 52.2 Å². The SMILES string of the molecule is C[C@@H]1OCC[C@@H]1NCCCC(=O)N1CCN(c2ccccc2)CC1. The lowest BCUT2D eigenvalue weighted by atomic mass is 10.1. The molecular formula is C19H29N3O2. The molecular weight excluding hydrogens is 302 g/mol. The number of para-hydroxylation sites is 1. The second-order valence-electron chi connectivity index (χ2n) is 6.73. The van der Waals surface area contributed by atoms with Crippen molar-refractivity contribution in [1.29, 1.82) is 0 Å².